The van der Waals surface area contributed by atoms with Crippen molar-refractivity contribution in [1.29, 1.82) is 0 Å². The number of carbonyl (C=O) groups excluding carboxylic acids is 1. The van der Waals surface area contributed by atoms with Crippen LogP contribution in [0.4, 0.5) is 0 Å². The topological polar surface area (TPSA) is 64.0 Å². The predicted octanol–water partition coefficient (Wildman–Crippen LogP) is 3.72. The van der Waals surface area contributed by atoms with Crippen LogP contribution in [0.2, 0.25) is 5.02 Å². The van der Waals surface area contributed by atoms with Crippen molar-refractivity contribution in [2.75, 3.05) is 12.3 Å². The Morgan fingerprint density at radius 3 is 2.67 bits per heavy atom. The first-order valence-corrected chi connectivity index (χ1v) is 10.1. The molecule has 5 nitrogen and oxygen atoms in total. The number of halogens is 1. The van der Waals surface area contributed by atoms with Gasteiger partial charge in [-0.05, 0) is 36.2 Å². The molecule has 0 bridgehead atoms. The highest BCUT2D eigenvalue weighted by molar-refractivity contribution is 7.99. The maximum atomic E-state index is 13.0. The van der Waals surface area contributed by atoms with E-state index in [0.29, 0.717) is 34.2 Å². The number of nitrogens with one attached hydrogen (secondary N) is 1. The monoisotopic (exact) mass is 401 g/mol. The van der Waals surface area contributed by atoms with Gasteiger partial charge < -0.3 is 5.32 Å². The Morgan fingerprint density at radius 1 is 1.19 bits per heavy atom. The molecule has 0 saturated carbocycles. The van der Waals surface area contributed by atoms with E-state index < -0.39 is 0 Å². The highest BCUT2D eigenvalue weighted by Crippen LogP contribution is 2.19. The van der Waals surface area contributed by atoms with Gasteiger partial charge in [-0.15, -0.1) is 0 Å². The second-order valence-corrected chi connectivity index (χ2v) is 7.45. The molecule has 0 unspecified atom stereocenters. The summed E-state index contributed by atoms with van der Waals surface area (Å²) in [4.78, 5) is 29.6. The van der Waals surface area contributed by atoms with Gasteiger partial charge in [-0.1, -0.05) is 54.6 Å². The van der Waals surface area contributed by atoms with Crippen molar-refractivity contribution >= 4 is 40.2 Å². The summed E-state index contributed by atoms with van der Waals surface area (Å²) >= 11 is 7.22. The SMILES string of the molecule is CCCNC(=O)CSc1nc2ccccc2c(=O)n1Cc1ccc(Cl)cc1. The molecule has 0 atom stereocenters. The summed E-state index contributed by atoms with van der Waals surface area (Å²) in [5.74, 6) is 0.146. The van der Waals surface area contributed by atoms with Crippen LogP contribution in [-0.2, 0) is 11.3 Å². The predicted molar refractivity (Wildman–Crippen MR) is 111 cm³/mol. The molecule has 3 aromatic rings. The van der Waals surface area contributed by atoms with Gasteiger partial charge in [0.1, 0.15) is 0 Å². The summed E-state index contributed by atoms with van der Waals surface area (Å²) in [6, 6.07) is 14.6. The normalized spacial score (nSPS) is 10.9. The first-order chi connectivity index (χ1) is 13.1. The molecule has 140 valence electrons. The van der Waals surface area contributed by atoms with Gasteiger partial charge in [0.25, 0.3) is 5.56 Å². The molecular weight excluding hydrogens is 382 g/mol. The third-order valence-electron chi connectivity index (χ3n) is 3.99. The van der Waals surface area contributed by atoms with E-state index >= 15 is 0 Å². The second-order valence-electron chi connectivity index (χ2n) is 6.07. The summed E-state index contributed by atoms with van der Waals surface area (Å²) in [6.07, 6.45) is 0.881. The smallest absolute Gasteiger partial charge is 0.262 e. The molecule has 0 spiro atoms. The lowest BCUT2D eigenvalue weighted by atomic mass is 10.2. The molecule has 2 aromatic carbocycles. The van der Waals surface area contributed by atoms with Gasteiger partial charge in [0.05, 0.1) is 23.2 Å². The number of para-hydroxylation sites is 1. The molecule has 27 heavy (non-hydrogen) atoms. The standard InChI is InChI=1S/C20H20ClN3O2S/c1-2-11-22-18(25)13-27-20-23-17-6-4-3-5-16(17)19(26)24(20)12-14-7-9-15(21)10-8-14/h3-10H,2,11-13H2,1H3,(H,22,25). The third-order valence-corrected chi connectivity index (χ3v) is 5.21. The Balaban J connectivity index is 1.95. The minimum Gasteiger partial charge on any atom is -0.355 e. The van der Waals surface area contributed by atoms with E-state index in [0.717, 1.165) is 12.0 Å². The number of rotatable bonds is 7. The zero-order valence-corrected chi connectivity index (χ0v) is 16.5. The van der Waals surface area contributed by atoms with Crippen LogP contribution in [0, 0.1) is 0 Å². The van der Waals surface area contributed by atoms with E-state index in [1.54, 1.807) is 22.8 Å². The summed E-state index contributed by atoms with van der Waals surface area (Å²) in [5, 5.41) is 4.57. The van der Waals surface area contributed by atoms with Gasteiger partial charge in [-0.2, -0.15) is 0 Å². The van der Waals surface area contributed by atoms with Crippen LogP contribution in [0.5, 0.6) is 0 Å². The maximum Gasteiger partial charge on any atom is 0.262 e. The highest BCUT2D eigenvalue weighted by atomic mass is 35.5. The number of thioether (sulfide) groups is 1. The minimum atomic E-state index is -0.119. The van der Waals surface area contributed by atoms with Gasteiger partial charge in [0.2, 0.25) is 5.91 Å². The van der Waals surface area contributed by atoms with Gasteiger partial charge in [0, 0.05) is 11.6 Å². The molecule has 3 rings (SSSR count). The van der Waals surface area contributed by atoms with Crippen LogP contribution >= 0.6 is 23.4 Å². The summed E-state index contributed by atoms with van der Waals surface area (Å²) in [7, 11) is 0. The summed E-state index contributed by atoms with van der Waals surface area (Å²) < 4.78 is 1.61. The second kappa shape index (κ2) is 9.06. The Kier molecular flexibility index (Phi) is 6.53. The molecule has 7 heteroatoms. The zero-order valence-electron chi connectivity index (χ0n) is 14.9. The highest BCUT2D eigenvalue weighted by Gasteiger charge is 2.13. The molecule has 0 aliphatic rings. The van der Waals surface area contributed by atoms with Crippen LogP contribution in [0.25, 0.3) is 10.9 Å². The fourth-order valence-electron chi connectivity index (χ4n) is 2.62. The van der Waals surface area contributed by atoms with Crippen LogP contribution < -0.4 is 10.9 Å². The minimum absolute atomic E-state index is 0.0673. The lowest BCUT2D eigenvalue weighted by molar-refractivity contribution is -0.118. The Labute approximate surface area is 166 Å². The number of fused-ring (bicyclic) bond motifs is 1. The van der Waals surface area contributed by atoms with Crippen LogP contribution in [0.15, 0.2) is 58.5 Å². The quantitative estimate of drug-likeness (QED) is 0.484. The molecule has 0 radical (unpaired) electrons. The molecule has 0 aliphatic carbocycles. The van der Waals surface area contributed by atoms with Crippen molar-refractivity contribution in [2.45, 2.75) is 25.0 Å². The molecule has 1 N–H and O–H groups in total. The fourth-order valence-corrected chi connectivity index (χ4v) is 3.57. The summed E-state index contributed by atoms with van der Waals surface area (Å²) in [6.45, 7) is 3.01. The average molecular weight is 402 g/mol. The molecule has 1 aromatic heterocycles. The van der Waals surface area contributed by atoms with Crippen molar-refractivity contribution in [1.82, 2.24) is 14.9 Å². The van der Waals surface area contributed by atoms with Crippen molar-refractivity contribution in [3.05, 3.63) is 69.5 Å². The van der Waals surface area contributed by atoms with Gasteiger partial charge in [-0.3, -0.25) is 14.2 Å². The van der Waals surface area contributed by atoms with Crippen LogP contribution in [-0.4, -0.2) is 27.8 Å². The van der Waals surface area contributed by atoms with Crippen LogP contribution in [0.1, 0.15) is 18.9 Å². The third kappa shape index (κ3) is 4.90. The number of carbonyl (C=O) groups is 1. The van der Waals surface area contributed by atoms with Gasteiger partial charge >= 0.3 is 0 Å². The lowest BCUT2D eigenvalue weighted by Gasteiger charge is -2.13. The molecular formula is C20H20ClN3O2S. The van der Waals surface area contributed by atoms with Crippen molar-refractivity contribution in [3.63, 3.8) is 0 Å². The van der Waals surface area contributed by atoms with Crippen molar-refractivity contribution in [2.24, 2.45) is 0 Å². The number of hydrogen-bond donors (Lipinski definition) is 1. The largest absolute Gasteiger partial charge is 0.355 e. The average Bonchev–Trinajstić information content (AvgIpc) is 2.68. The first kappa shape index (κ1) is 19.5. The molecule has 0 fully saturated rings. The van der Waals surface area contributed by atoms with E-state index in [2.05, 4.69) is 10.3 Å². The zero-order chi connectivity index (χ0) is 19.2. The van der Waals surface area contributed by atoms with E-state index in [9.17, 15) is 9.59 Å². The number of nitrogens with zero attached hydrogens (tertiary/aromatic N) is 2. The number of amides is 1. The Hall–Kier alpha value is -2.31. The number of benzene rings is 2. The fraction of sp³-hybridized carbons (Fsp3) is 0.250. The van der Waals surface area contributed by atoms with Gasteiger partial charge in [-0.25, -0.2) is 4.98 Å². The Bertz CT molecular complexity index is 1000. The summed E-state index contributed by atoms with van der Waals surface area (Å²) in [5.41, 5.74) is 1.45. The molecule has 1 amide bonds. The molecule has 0 saturated heterocycles. The Morgan fingerprint density at radius 2 is 1.93 bits per heavy atom. The molecule has 0 aliphatic heterocycles. The van der Waals surface area contributed by atoms with Gasteiger partial charge in [0.15, 0.2) is 5.16 Å². The maximum absolute atomic E-state index is 13.0. The van der Waals surface area contributed by atoms with E-state index in [4.69, 9.17) is 11.6 Å². The lowest BCUT2D eigenvalue weighted by Crippen LogP contribution is -2.27. The van der Waals surface area contributed by atoms with E-state index in [1.165, 1.54) is 11.8 Å². The van der Waals surface area contributed by atoms with Crippen molar-refractivity contribution < 1.29 is 4.79 Å². The number of aromatic nitrogens is 2. The first-order valence-electron chi connectivity index (χ1n) is 8.72. The molecule has 1 heterocycles. The van der Waals surface area contributed by atoms with E-state index in [-0.39, 0.29) is 17.2 Å². The van der Waals surface area contributed by atoms with E-state index in [1.807, 2.05) is 37.3 Å². The van der Waals surface area contributed by atoms with Crippen LogP contribution in [0.3, 0.4) is 0 Å². The number of hydrogen-bond acceptors (Lipinski definition) is 4. The van der Waals surface area contributed by atoms with Crippen molar-refractivity contribution in [3.8, 4) is 0 Å².